The van der Waals surface area contributed by atoms with Crippen molar-refractivity contribution in [2.45, 2.75) is 36.5 Å². The molecular formula is C22H25Cl2NO5S2. The zero-order valence-corrected chi connectivity index (χ0v) is 20.8. The second kappa shape index (κ2) is 11.6. The van der Waals surface area contributed by atoms with Crippen LogP contribution in [-0.4, -0.2) is 49.6 Å². The number of ether oxygens (including phenoxy) is 2. The van der Waals surface area contributed by atoms with Crippen molar-refractivity contribution in [3.8, 4) is 5.75 Å². The Hall–Kier alpha value is -1.45. The number of nitrogens with zero attached hydrogens (tertiary/aromatic N) is 1. The van der Waals surface area contributed by atoms with E-state index in [1.807, 2.05) is 13.0 Å². The molecule has 0 saturated carbocycles. The van der Waals surface area contributed by atoms with E-state index in [2.05, 4.69) is 0 Å². The first-order chi connectivity index (χ1) is 15.3. The van der Waals surface area contributed by atoms with Crippen molar-refractivity contribution in [2.75, 3.05) is 25.5 Å². The van der Waals surface area contributed by atoms with Crippen molar-refractivity contribution >= 4 is 51.0 Å². The van der Waals surface area contributed by atoms with E-state index in [0.29, 0.717) is 41.1 Å². The predicted molar refractivity (Wildman–Crippen MR) is 128 cm³/mol. The Balaban J connectivity index is 1.63. The summed E-state index contributed by atoms with van der Waals surface area (Å²) in [7, 11) is -3.63. The number of rotatable bonds is 10. The summed E-state index contributed by atoms with van der Waals surface area (Å²) < 4.78 is 38.2. The molecule has 174 valence electrons. The summed E-state index contributed by atoms with van der Waals surface area (Å²) in [5, 5.41) is 0.605. The maximum atomic E-state index is 13.1. The number of hydrogen-bond acceptors (Lipinski definition) is 6. The first-order valence-electron chi connectivity index (χ1n) is 10.3. The summed E-state index contributed by atoms with van der Waals surface area (Å²) in [6, 6.07) is 11.5. The monoisotopic (exact) mass is 517 g/mol. The number of thioether (sulfide) groups is 1. The summed E-state index contributed by atoms with van der Waals surface area (Å²) >= 11 is 13.8. The highest BCUT2D eigenvalue weighted by molar-refractivity contribution is 8.01. The van der Waals surface area contributed by atoms with Crippen LogP contribution in [0.5, 0.6) is 5.75 Å². The highest BCUT2D eigenvalue weighted by atomic mass is 35.5. The minimum absolute atomic E-state index is 0.214. The standard InChI is InChI=1S/C22H25Cl2NO5S2/c1-2-3-11-29-22(26)15-30-20-9-4-16(13-19(20)24)14-21-25(10-12-31-21)32(27,28)18-7-5-17(23)6-8-18/h4-9,13,21H,2-3,10-12,14-15H2,1H3. The van der Waals surface area contributed by atoms with Gasteiger partial charge in [-0.2, -0.15) is 4.31 Å². The van der Waals surface area contributed by atoms with Gasteiger partial charge in [-0.3, -0.25) is 0 Å². The van der Waals surface area contributed by atoms with Gasteiger partial charge in [0, 0.05) is 17.3 Å². The van der Waals surface area contributed by atoms with Gasteiger partial charge in [-0.15, -0.1) is 11.8 Å². The molecule has 2 aromatic carbocycles. The lowest BCUT2D eigenvalue weighted by Gasteiger charge is -2.23. The summed E-state index contributed by atoms with van der Waals surface area (Å²) in [6.07, 6.45) is 2.25. The van der Waals surface area contributed by atoms with Crippen LogP contribution in [0.15, 0.2) is 47.4 Å². The van der Waals surface area contributed by atoms with Gasteiger partial charge in [0.05, 0.1) is 21.9 Å². The second-order valence-electron chi connectivity index (χ2n) is 7.23. The molecule has 1 saturated heterocycles. The van der Waals surface area contributed by atoms with Crippen LogP contribution < -0.4 is 4.74 Å². The van der Waals surface area contributed by atoms with Crippen molar-refractivity contribution < 1.29 is 22.7 Å². The van der Waals surface area contributed by atoms with Crippen molar-refractivity contribution in [1.29, 1.82) is 0 Å². The van der Waals surface area contributed by atoms with Crippen LogP contribution in [0, 0.1) is 0 Å². The lowest BCUT2D eigenvalue weighted by Crippen LogP contribution is -2.36. The lowest BCUT2D eigenvalue weighted by molar-refractivity contribution is -0.146. The van der Waals surface area contributed by atoms with E-state index >= 15 is 0 Å². The topological polar surface area (TPSA) is 72.9 Å². The van der Waals surface area contributed by atoms with Crippen LogP contribution in [0.1, 0.15) is 25.3 Å². The average molecular weight is 518 g/mol. The number of carbonyl (C=O) groups excluding carboxylic acids is 1. The third kappa shape index (κ3) is 6.54. The van der Waals surface area contributed by atoms with Gasteiger partial charge in [0.15, 0.2) is 6.61 Å². The largest absolute Gasteiger partial charge is 0.480 e. The van der Waals surface area contributed by atoms with E-state index in [-0.39, 0.29) is 16.9 Å². The highest BCUT2D eigenvalue weighted by Gasteiger charge is 2.35. The molecule has 0 aromatic heterocycles. The molecule has 0 bridgehead atoms. The molecule has 1 aliphatic heterocycles. The van der Waals surface area contributed by atoms with Crippen LogP contribution in [0.4, 0.5) is 0 Å². The first kappa shape index (κ1) is 25.2. The van der Waals surface area contributed by atoms with Crippen LogP contribution in [0.25, 0.3) is 0 Å². The van der Waals surface area contributed by atoms with Crippen molar-refractivity contribution in [1.82, 2.24) is 4.31 Å². The number of unbranched alkanes of at least 4 members (excludes halogenated alkanes) is 1. The Kier molecular flexibility index (Phi) is 9.13. The molecule has 0 aliphatic carbocycles. The van der Waals surface area contributed by atoms with Crippen LogP contribution in [0.2, 0.25) is 10.0 Å². The Morgan fingerprint density at radius 2 is 1.94 bits per heavy atom. The van der Waals surface area contributed by atoms with Crippen molar-refractivity contribution in [3.63, 3.8) is 0 Å². The molecule has 1 unspecified atom stereocenters. The van der Waals surface area contributed by atoms with Crippen molar-refractivity contribution in [3.05, 3.63) is 58.1 Å². The van der Waals surface area contributed by atoms with E-state index in [9.17, 15) is 13.2 Å². The van der Waals surface area contributed by atoms with Crippen molar-refractivity contribution in [2.24, 2.45) is 0 Å². The molecule has 1 aliphatic rings. The number of esters is 1. The van der Waals surface area contributed by atoms with E-state index < -0.39 is 16.0 Å². The van der Waals surface area contributed by atoms with Gasteiger partial charge in [-0.25, -0.2) is 13.2 Å². The van der Waals surface area contributed by atoms with Gasteiger partial charge in [0.25, 0.3) is 0 Å². The van der Waals surface area contributed by atoms with Gasteiger partial charge in [0.2, 0.25) is 10.0 Å². The van der Waals surface area contributed by atoms with Gasteiger partial charge >= 0.3 is 5.97 Å². The number of carbonyl (C=O) groups is 1. The quantitative estimate of drug-likeness (QED) is 0.325. The van der Waals surface area contributed by atoms with E-state index in [4.69, 9.17) is 32.7 Å². The highest BCUT2D eigenvalue weighted by Crippen LogP contribution is 2.34. The normalized spacial score (nSPS) is 16.8. The van der Waals surface area contributed by atoms with Gasteiger partial charge in [-0.05, 0) is 54.8 Å². The third-order valence-electron chi connectivity index (χ3n) is 4.88. The SMILES string of the molecule is CCCCOC(=O)COc1ccc(CC2SCCN2S(=O)(=O)c2ccc(Cl)cc2)cc1Cl. The number of benzene rings is 2. The molecule has 32 heavy (non-hydrogen) atoms. The molecule has 1 heterocycles. The zero-order valence-electron chi connectivity index (χ0n) is 17.6. The molecule has 3 rings (SSSR count). The van der Waals surface area contributed by atoms with Crippen LogP contribution >= 0.6 is 35.0 Å². The summed E-state index contributed by atoms with van der Waals surface area (Å²) in [5.41, 5.74) is 0.878. The minimum atomic E-state index is -3.63. The molecule has 0 N–H and O–H groups in total. The molecule has 10 heteroatoms. The second-order valence-corrected chi connectivity index (χ2v) is 11.2. The Bertz CT molecular complexity index is 1030. The van der Waals surface area contributed by atoms with Crippen LogP contribution in [0.3, 0.4) is 0 Å². The fourth-order valence-corrected chi connectivity index (χ4v) is 6.83. The fourth-order valence-electron chi connectivity index (χ4n) is 3.18. The van der Waals surface area contributed by atoms with Crippen LogP contribution in [-0.2, 0) is 26.0 Å². The molecule has 1 fully saturated rings. The molecule has 1 atom stereocenters. The van der Waals surface area contributed by atoms with E-state index in [1.54, 1.807) is 36.0 Å². The fraction of sp³-hybridized carbons (Fsp3) is 0.409. The first-order valence-corrected chi connectivity index (χ1v) is 13.5. The van der Waals surface area contributed by atoms with Gasteiger partial charge < -0.3 is 9.47 Å². The lowest BCUT2D eigenvalue weighted by atomic mass is 10.1. The molecule has 2 aromatic rings. The zero-order chi connectivity index (χ0) is 23.1. The number of halogens is 2. The third-order valence-corrected chi connectivity index (χ3v) is 8.70. The Labute approximate surface area is 203 Å². The van der Waals surface area contributed by atoms with E-state index in [0.717, 1.165) is 18.4 Å². The predicted octanol–water partition coefficient (Wildman–Crippen LogP) is 5.02. The summed E-state index contributed by atoms with van der Waals surface area (Å²) in [4.78, 5) is 11.9. The average Bonchev–Trinajstić information content (AvgIpc) is 3.23. The van der Waals surface area contributed by atoms with E-state index in [1.165, 1.54) is 16.4 Å². The smallest absolute Gasteiger partial charge is 0.344 e. The molecular weight excluding hydrogens is 493 g/mol. The molecule has 0 radical (unpaired) electrons. The van der Waals surface area contributed by atoms with Gasteiger partial charge in [0.1, 0.15) is 5.75 Å². The minimum Gasteiger partial charge on any atom is -0.480 e. The molecule has 6 nitrogen and oxygen atoms in total. The summed E-state index contributed by atoms with van der Waals surface area (Å²) in [5.74, 6) is 0.656. The Morgan fingerprint density at radius 3 is 2.62 bits per heavy atom. The molecule has 0 spiro atoms. The number of sulfonamides is 1. The number of hydrogen-bond donors (Lipinski definition) is 0. The molecule has 0 amide bonds. The van der Waals surface area contributed by atoms with Gasteiger partial charge in [-0.1, -0.05) is 42.6 Å². The maximum Gasteiger partial charge on any atom is 0.344 e. The Morgan fingerprint density at radius 1 is 1.19 bits per heavy atom. The maximum absolute atomic E-state index is 13.1. The summed E-state index contributed by atoms with van der Waals surface area (Å²) in [6.45, 7) is 2.62.